The molecule has 0 saturated heterocycles. The molecule has 3 heteroatoms. The van der Waals surface area contributed by atoms with Crippen LogP contribution in [0.25, 0.3) is 77.2 Å². The van der Waals surface area contributed by atoms with Gasteiger partial charge in [-0.1, -0.05) is 212 Å². The van der Waals surface area contributed by atoms with E-state index in [1.165, 1.54) is 92.3 Å². The molecular weight excluding hydrogens is 777 g/mol. The minimum atomic E-state index is -2.98. The highest BCUT2D eigenvalue weighted by molar-refractivity contribution is 7.20. The third kappa shape index (κ3) is 5.85. The molecule has 0 unspecified atom stereocenters. The van der Waals surface area contributed by atoms with Crippen LogP contribution in [-0.2, 0) is 0 Å². The third-order valence-corrected chi connectivity index (χ3v) is 17.9. The van der Waals surface area contributed by atoms with Crippen molar-refractivity contribution >= 4 is 72.4 Å². The van der Waals surface area contributed by atoms with Crippen LogP contribution in [-0.4, -0.2) is 17.2 Å². The van der Waals surface area contributed by atoms with Gasteiger partial charge in [0.1, 0.15) is 0 Å². The first-order valence-electron chi connectivity index (χ1n) is 21.8. The predicted molar refractivity (Wildman–Crippen MR) is 270 cm³/mol. The van der Waals surface area contributed by atoms with Gasteiger partial charge in [-0.05, 0) is 85.5 Å². The van der Waals surface area contributed by atoms with Gasteiger partial charge in [0, 0.05) is 27.2 Å². The van der Waals surface area contributed by atoms with E-state index in [1.807, 2.05) is 0 Å². The van der Waals surface area contributed by atoms with Crippen molar-refractivity contribution in [3.8, 4) is 33.6 Å². The first-order chi connectivity index (χ1) is 31.3. The maximum atomic E-state index is 2.54. The van der Waals surface area contributed by atoms with Gasteiger partial charge in [0.05, 0.1) is 27.8 Å². The second-order valence-electron chi connectivity index (χ2n) is 16.4. The molecule has 0 radical (unpaired) electrons. The summed E-state index contributed by atoms with van der Waals surface area (Å²) in [6.07, 6.45) is 0. The molecule has 63 heavy (non-hydrogen) atoms. The van der Waals surface area contributed by atoms with Crippen molar-refractivity contribution in [2.24, 2.45) is 0 Å². The summed E-state index contributed by atoms with van der Waals surface area (Å²) in [4.78, 5) is 0. The Bertz CT molecular complexity index is 3550. The van der Waals surface area contributed by atoms with Crippen LogP contribution in [0.1, 0.15) is 0 Å². The fraction of sp³-hybridized carbons (Fsp3) is 0. The topological polar surface area (TPSA) is 9.86 Å². The number of fused-ring (bicyclic) bond motifs is 6. The zero-order valence-electron chi connectivity index (χ0n) is 34.6. The molecule has 10 aromatic carbocycles. The van der Waals surface area contributed by atoms with Crippen LogP contribution in [0, 0.1) is 0 Å². The molecule has 12 aromatic rings. The normalized spacial score (nSPS) is 11.8. The van der Waals surface area contributed by atoms with Gasteiger partial charge in [0.15, 0.2) is 8.07 Å². The molecular formula is C60H42N2Si. The second kappa shape index (κ2) is 15.2. The zero-order valence-corrected chi connectivity index (χ0v) is 35.6. The van der Waals surface area contributed by atoms with Crippen LogP contribution >= 0.6 is 0 Å². The number of aromatic nitrogens is 2. The van der Waals surface area contributed by atoms with E-state index in [1.54, 1.807) is 0 Å². The smallest absolute Gasteiger partial charge is 0.180 e. The Hall–Kier alpha value is -7.98. The largest absolute Gasteiger partial charge is 0.309 e. The summed E-state index contributed by atoms with van der Waals surface area (Å²) in [6.45, 7) is 0. The van der Waals surface area contributed by atoms with Gasteiger partial charge in [-0.25, -0.2) is 0 Å². The predicted octanol–water partition coefficient (Wildman–Crippen LogP) is 12.6. The third-order valence-electron chi connectivity index (χ3n) is 13.1. The monoisotopic (exact) mass is 818 g/mol. The molecule has 0 amide bonds. The van der Waals surface area contributed by atoms with Gasteiger partial charge < -0.3 is 9.13 Å². The number of rotatable bonds is 8. The van der Waals surface area contributed by atoms with Crippen molar-refractivity contribution in [1.82, 2.24) is 9.13 Å². The van der Waals surface area contributed by atoms with E-state index >= 15 is 0 Å². The second-order valence-corrected chi connectivity index (χ2v) is 20.2. The maximum absolute atomic E-state index is 2.98. The van der Waals surface area contributed by atoms with Crippen LogP contribution in [0.2, 0.25) is 0 Å². The highest BCUT2D eigenvalue weighted by atomic mass is 28.3. The van der Waals surface area contributed by atoms with E-state index in [0.717, 1.165) is 5.69 Å². The molecule has 2 aromatic heterocycles. The molecule has 0 aliphatic heterocycles. The first-order valence-corrected chi connectivity index (χ1v) is 23.8. The number of hydrogen-bond donors (Lipinski definition) is 0. The van der Waals surface area contributed by atoms with Crippen LogP contribution in [0.4, 0.5) is 0 Å². The zero-order chi connectivity index (χ0) is 41.7. The Morgan fingerprint density at radius 1 is 0.270 bits per heavy atom. The number of hydrogen-bond acceptors (Lipinski definition) is 0. The molecule has 0 fully saturated rings. The Kier molecular flexibility index (Phi) is 8.87. The average Bonchev–Trinajstić information content (AvgIpc) is 3.89. The first kappa shape index (κ1) is 36.8. The van der Waals surface area contributed by atoms with Crippen molar-refractivity contribution in [2.75, 3.05) is 0 Å². The standard InChI is InChI=1S/C60H42N2Si/c1-5-20-43(21-6-1)45-38-40-50(41-39-45)63(48-26-9-3-10-27-48,49-28-11-4-12-29-49)58-37-19-36-57-60(58)52-31-14-16-33-54(52)62(57)56-35-18-34-55-59(56)51-30-13-15-32-53(51)61(55)47-25-17-24-46(42-47)44-22-7-2-8-23-44/h1-42H. The summed E-state index contributed by atoms with van der Waals surface area (Å²) >= 11 is 0. The van der Waals surface area contributed by atoms with Gasteiger partial charge in [0.25, 0.3) is 0 Å². The molecule has 0 bridgehead atoms. The number of benzene rings is 10. The van der Waals surface area contributed by atoms with E-state index in [4.69, 9.17) is 0 Å². The van der Waals surface area contributed by atoms with E-state index in [-0.39, 0.29) is 0 Å². The Morgan fingerprint density at radius 3 is 1.33 bits per heavy atom. The van der Waals surface area contributed by atoms with Crippen molar-refractivity contribution in [3.63, 3.8) is 0 Å². The van der Waals surface area contributed by atoms with Crippen molar-refractivity contribution in [2.45, 2.75) is 0 Å². The van der Waals surface area contributed by atoms with Gasteiger partial charge in [-0.15, -0.1) is 0 Å². The van der Waals surface area contributed by atoms with Gasteiger partial charge in [0.2, 0.25) is 0 Å². The van der Waals surface area contributed by atoms with Gasteiger partial charge >= 0.3 is 0 Å². The van der Waals surface area contributed by atoms with Crippen LogP contribution < -0.4 is 20.7 Å². The summed E-state index contributed by atoms with van der Waals surface area (Å²) < 4.78 is 4.99. The summed E-state index contributed by atoms with van der Waals surface area (Å²) in [5, 5.41) is 10.5. The summed E-state index contributed by atoms with van der Waals surface area (Å²) in [5.74, 6) is 0. The Morgan fingerprint density at radius 2 is 0.698 bits per heavy atom. The minimum absolute atomic E-state index is 1.14. The highest BCUT2D eigenvalue weighted by Crippen LogP contribution is 2.40. The fourth-order valence-corrected chi connectivity index (χ4v) is 15.4. The fourth-order valence-electron chi connectivity index (χ4n) is 10.4. The molecule has 0 N–H and O–H groups in total. The Balaban J connectivity index is 1.16. The van der Waals surface area contributed by atoms with E-state index < -0.39 is 8.07 Å². The van der Waals surface area contributed by atoms with E-state index in [9.17, 15) is 0 Å². The van der Waals surface area contributed by atoms with Crippen molar-refractivity contribution in [1.29, 1.82) is 0 Å². The van der Waals surface area contributed by atoms with E-state index in [2.05, 4.69) is 264 Å². The molecule has 12 rings (SSSR count). The summed E-state index contributed by atoms with van der Waals surface area (Å²) in [7, 11) is -2.98. The molecule has 0 aliphatic rings. The lowest BCUT2D eigenvalue weighted by atomic mass is 10.1. The molecule has 0 aliphatic carbocycles. The van der Waals surface area contributed by atoms with E-state index in [0.29, 0.717) is 0 Å². The molecule has 0 spiro atoms. The van der Waals surface area contributed by atoms with Crippen LogP contribution in [0.15, 0.2) is 255 Å². The number of nitrogens with zero attached hydrogens (tertiary/aromatic N) is 2. The molecule has 0 saturated carbocycles. The molecule has 2 heterocycles. The van der Waals surface area contributed by atoms with Crippen LogP contribution in [0.5, 0.6) is 0 Å². The lowest BCUT2D eigenvalue weighted by Gasteiger charge is -2.35. The molecule has 0 atom stereocenters. The van der Waals surface area contributed by atoms with Crippen molar-refractivity contribution in [3.05, 3.63) is 255 Å². The molecule has 2 nitrogen and oxygen atoms in total. The lowest BCUT2D eigenvalue weighted by molar-refractivity contribution is 1.17. The van der Waals surface area contributed by atoms with Gasteiger partial charge in [-0.3, -0.25) is 0 Å². The lowest BCUT2D eigenvalue weighted by Crippen LogP contribution is -2.74. The van der Waals surface area contributed by atoms with Crippen LogP contribution in [0.3, 0.4) is 0 Å². The summed E-state index contributed by atoms with van der Waals surface area (Å²) in [5.41, 5.74) is 11.9. The minimum Gasteiger partial charge on any atom is -0.309 e. The molecule has 296 valence electrons. The highest BCUT2D eigenvalue weighted by Gasteiger charge is 2.43. The van der Waals surface area contributed by atoms with Gasteiger partial charge in [-0.2, -0.15) is 0 Å². The quantitative estimate of drug-likeness (QED) is 0.107. The number of para-hydroxylation sites is 2. The average molecular weight is 819 g/mol. The Labute approximate surface area is 368 Å². The van der Waals surface area contributed by atoms with Crippen molar-refractivity contribution < 1.29 is 0 Å². The summed E-state index contributed by atoms with van der Waals surface area (Å²) in [6, 6.07) is 94.3. The SMILES string of the molecule is c1ccc(-c2ccc([Si](c3ccccc3)(c3ccccc3)c3cccc4c3c3ccccc3n4-c3cccc4c3c3ccccc3n4-c3cccc(-c4ccccc4)c3)cc2)cc1. The maximum Gasteiger partial charge on any atom is 0.180 e.